The Bertz CT molecular complexity index is 671. The molecule has 0 radical (unpaired) electrons. The van der Waals surface area contributed by atoms with Crippen LogP contribution in [0.5, 0.6) is 0 Å². The van der Waals surface area contributed by atoms with Crippen molar-refractivity contribution in [2.24, 2.45) is 0 Å². The number of quaternary nitrogens is 1. The van der Waals surface area contributed by atoms with Crippen LogP contribution in [0.25, 0.3) is 0 Å². The molecule has 0 amide bonds. The van der Waals surface area contributed by atoms with Crippen molar-refractivity contribution in [1.29, 1.82) is 0 Å². The third-order valence-corrected chi connectivity index (χ3v) is 5.43. The molecule has 1 aliphatic rings. The highest BCUT2D eigenvalue weighted by Gasteiger charge is 2.31. The van der Waals surface area contributed by atoms with E-state index in [0.29, 0.717) is 6.04 Å². The summed E-state index contributed by atoms with van der Waals surface area (Å²) in [6.07, 6.45) is 1.88. The van der Waals surface area contributed by atoms with E-state index in [9.17, 15) is 0 Å². The Kier molecular flexibility index (Phi) is 7.18. The molecule has 0 aliphatic carbocycles. The van der Waals surface area contributed by atoms with Crippen LogP contribution >= 0.6 is 12.2 Å². The predicted molar refractivity (Wildman–Crippen MR) is 111 cm³/mol. The van der Waals surface area contributed by atoms with Crippen LogP contribution in [0.15, 0.2) is 60.7 Å². The van der Waals surface area contributed by atoms with E-state index in [1.807, 2.05) is 0 Å². The van der Waals surface area contributed by atoms with Crippen molar-refractivity contribution >= 4 is 17.2 Å². The molecular weight excluding hydrogens is 340 g/mol. The maximum Gasteiger partial charge on any atom is 0.133 e. The SMILES string of the molecule is C[C@H](NC(=S)CCc1ccccc1)[C@@H](c1ccccc1)[NH+]1CCOCC1. The number of hydrogen-bond donors (Lipinski definition) is 2. The second kappa shape index (κ2) is 9.81. The topological polar surface area (TPSA) is 25.7 Å². The highest BCUT2D eigenvalue weighted by Crippen LogP contribution is 2.15. The van der Waals surface area contributed by atoms with Gasteiger partial charge < -0.3 is 15.0 Å². The Labute approximate surface area is 162 Å². The molecule has 1 aliphatic heterocycles. The van der Waals surface area contributed by atoms with Gasteiger partial charge in [0.05, 0.1) is 24.2 Å². The fraction of sp³-hybridized carbons (Fsp3) is 0.409. The van der Waals surface area contributed by atoms with Crippen LogP contribution in [0.4, 0.5) is 0 Å². The Hall–Kier alpha value is -1.75. The number of benzene rings is 2. The van der Waals surface area contributed by atoms with Gasteiger partial charge in [0, 0.05) is 12.0 Å². The van der Waals surface area contributed by atoms with Gasteiger partial charge in [0.1, 0.15) is 19.1 Å². The summed E-state index contributed by atoms with van der Waals surface area (Å²) in [4.78, 5) is 2.53. The Morgan fingerprint density at radius 1 is 1.04 bits per heavy atom. The zero-order valence-corrected chi connectivity index (χ0v) is 16.3. The molecule has 0 aromatic heterocycles. The normalized spacial score (nSPS) is 17.4. The number of rotatable bonds is 7. The van der Waals surface area contributed by atoms with Gasteiger partial charge in [-0.1, -0.05) is 72.9 Å². The second-order valence-corrected chi connectivity index (χ2v) is 7.49. The minimum absolute atomic E-state index is 0.286. The first-order valence-corrected chi connectivity index (χ1v) is 9.95. The van der Waals surface area contributed by atoms with Crippen molar-refractivity contribution in [1.82, 2.24) is 5.32 Å². The van der Waals surface area contributed by atoms with Crippen LogP contribution < -0.4 is 10.2 Å². The molecule has 3 nitrogen and oxygen atoms in total. The molecule has 0 saturated carbocycles. The van der Waals surface area contributed by atoms with Gasteiger partial charge in [-0.05, 0) is 18.9 Å². The monoisotopic (exact) mass is 369 g/mol. The zero-order chi connectivity index (χ0) is 18.2. The molecular formula is C22H29N2OS+. The number of aryl methyl sites for hydroxylation is 1. The van der Waals surface area contributed by atoms with Crippen LogP contribution in [0.3, 0.4) is 0 Å². The van der Waals surface area contributed by atoms with Gasteiger partial charge in [-0.3, -0.25) is 0 Å². The summed E-state index contributed by atoms with van der Waals surface area (Å²) in [5, 5.41) is 3.62. The average molecular weight is 370 g/mol. The van der Waals surface area contributed by atoms with Gasteiger partial charge in [-0.15, -0.1) is 0 Å². The lowest BCUT2D eigenvalue weighted by Crippen LogP contribution is -3.15. The lowest BCUT2D eigenvalue weighted by molar-refractivity contribution is -0.940. The maximum atomic E-state index is 5.65. The van der Waals surface area contributed by atoms with Gasteiger partial charge in [0.25, 0.3) is 0 Å². The number of morpholine rings is 1. The van der Waals surface area contributed by atoms with Crippen LogP contribution in [-0.2, 0) is 11.2 Å². The zero-order valence-electron chi connectivity index (χ0n) is 15.5. The van der Waals surface area contributed by atoms with E-state index < -0.39 is 0 Å². The van der Waals surface area contributed by atoms with E-state index in [0.717, 1.165) is 44.1 Å². The molecule has 1 heterocycles. The summed E-state index contributed by atoms with van der Waals surface area (Å²) in [5.74, 6) is 0. The largest absolute Gasteiger partial charge is 0.371 e. The molecule has 2 aromatic carbocycles. The molecule has 1 saturated heterocycles. The van der Waals surface area contributed by atoms with Crippen molar-refractivity contribution in [3.63, 3.8) is 0 Å². The molecule has 1 fully saturated rings. The first kappa shape index (κ1) is 19.0. The highest BCUT2D eigenvalue weighted by molar-refractivity contribution is 7.80. The second-order valence-electron chi connectivity index (χ2n) is 7.00. The quantitative estimate of drug-likeness (QED) is 0.734. The summed E-state index contributed by atoms with van der Waals surface area (Å²) in [6.45, 7) is 6.02. The summed E-state index contributed by atoms with van der Waals surface area (Å²) in [6, 6.07) is 22.0. The Balaban J connectivity index is 1.63. The first-order chi connectivity index (χ1) is 12.7. The van der Waals surface area contributed by atoms with E-state index in [2.05, 4.69) is 72.9 Å². The van der Waals surface area contributed by atoms with Crippen molar-refractivity contribution in [2.75, 3.05) is 26.3 Å². The van der Waals surface area contributed by atoms with E-state index in [1.54, 1.807) is 4.90 Å². The summed E-state index contributed by atoms with van der Waals surface area (Å²) in [5.41, 5.74) is 2.71. The van der Waals surface area contributed by atoms with Gasteiger partial charge >= 0.3 is 0 Å². The van der Waals surface area contributed by atoms with Crippen molar-refractivity contribution in [3.05, 3.63) is 71.8 Å². The molecule has 2 N–H and O–H groups in total. The minimum Gasteiger partial charge on any atom is -0.371 e. The third-order valence-electron chi connectivity index (χ3n) is 5.11. The van der Waals surface area contributed by atoms with E-state index in [-0.39, 0.29) is 6.04 Å². The number of hydrogen-bond acceptors (Lipinski definition) is 2. The summed E-state index contributed by atoms with van der Waals surface area (Å²) in [7, 11) is 0. The van der Waals surface area contributed by atoms with Crippen molar-refractivity contribution in [2.45, 2.75) is 31.8 Å². The third kappa shape index (κ3) is 5.37. The maximum absolute atomic E-state index is 5.65. The van der Waals surface area contributed by atoms with E-state index in [1.165, 1.54) is 11.1 Å². The molecule has 2 aromatic rings. The van der Waals surface area contributed by atoms with Gasteiger partial charge in [-0.25, -0.2) is 0 Å². The summed E-state index contributed by atoms with van der Waals surface area (Å²) < 4.78 is 5.57. The van der Waals surface area contributed by atoms with Gasteiger partial charge in [0.2, 0.25) is 0 Å². The molecule has 2 atom stereocenters. The van der Waals surface area contributed by atoms with Crippen molar-refractivity contribution in [3.8, 4) is 0 Å². The van der Waals surface area contributed by atoms with Crippen LogP contribution in [0, 0.1) is 0 Å². The lowest BCUT2D eigenvalue weighted by atomic mass is 9.98. The average Bonchev–Trinajstić information content (AvgIpc) is 2.69. The fourth-order valence-electron chi connectivity index (χ4n) is 3.79. The molecule has 138 valence electrons. The fourth-order valence-corrected chi connectivity index (χ4v) is 4.08. The molecule has 26 heavy (non-hydrogen) atoms. The molecule has 0 bridgehead atoms. The molecule has 3 rings (SSSR count). The standard InChI is InChI=1S/C22H28N2OS/c1-18(23-21(26)13-12-19-8-4-2-5-9-19)22(20-10-6-3-7-11-20)24-14-16-25-17-15-24/h2-11,18,22H,12-17H2,1H3,(H,23,26)/p+1/t18-,22-/m0/s1. The summed E-state index contributed by atoms with van der Waals surface area (Å²) >= 11 is 5.65. The van der Waals surface area contributed by atoms with Crippen LogP contribution in [0.1, 0.15) is 30.5 Å². The van der Waals surface area contributed by atoms with E-state index in [4.69, 9.17) is 17.0 Å². The predicted octanol–water partition coefficient (Wildman–Crippen LogP) is 2.58. The number of ether oxygens (including phenoxy) is 1. The van der Waals surface area contributed by atoms with Crippen LogP contribution in [0.2, 0.25) is 0 Å². The highest BCUT2D eigenvalue weighted by atomic mass is 32.1. The Morgan fingerprint density at radius 2 is 1.65 bits per heavy atom. The lowest BCUT2D eigenvalue weighted by Gasteiger charge is -2.36. The first-order valence-electron chi connectivity index (χ1n) is 9.54. The van der Waals surface area contributed by atoms with Crippen LogP contribution in [-0.4, -0.2) is 37.3 Å². The number of thiocarbonyl (C=S) groups is 1. The number of nitrogens with one attached hydrogen (secondary N) is 2. The smallest absolute Gasteiger partial charge is 0.133 e. The Morgan fingerprint density at radius 3 is 2.31 bits per heavy atom. The molecule has 0 unspecified atom stereocenters. The van der Waals surface area contributed by atoms with Gasteiger partial charge in [-0.2, -0.15) is 0 Å². The van der Waals surface area contributed by atoms with E-state index >= 15 is 0 Å². The van der Waals surface area contributed by atoms with Gasteiger partial charge in [0.15, 0.2) is 0 Å². The molecule has 4 heteroatoms. The minimum atomic E-state index is 0.286. The molecule has 0 spiro atoms. The van der Waals surface area contributed by atoms with Crippen molar-refractivity contribution < 1.29 is 9.64 Å².